The molecule has 3 nitrogen and oxygen atoms in total. The quantitative estimate of drug-likeness (QED) is 0.924. The van der Waals surface area contributed by atoms with Crippen LogP contribution in [0.15, 0.2) is 24.3 Å². The molecule has 1 unspecified atom stereocenters. The van der Waals surface area contributed by atoms with Gasteiger partial charge in [-0.3, -0.25) is 4.79 Å². The first-order valence-electron chi connectivity index (χ1n) is 8.24. The van der Waals surface area contributed by atoms with Crippen molar-refractivity contribution in [2.45, 2.75) is 32.6 Å². The van der Waals surface area contributed by atoms with Gasteiger partial charge in [0.25, 0.3) is 0 Å². The van der Waals surface area contributed by atoms with E-state index in [-0.39, 0.29) is 12.4 Å². The predicted molar refractivity (Wildman–Crippen MR) is 92.5 cm³/mol. The summed E-state index contributed by atoms with van der Waals surface area (Å²) in [4.78, 5) is 14.6. The number of nitrogens with zero attached hydrogens (tertiary/aromatic N) is 1. The van der Waals surface area contributed by atoms with Crippen LogP contribution in [0.4, 0.5) is 0 Å². The Hall–Kier alpha value is -1.06. The standard InChI is InChI=1S/C18H26N2O.ClH/c1-3-14-4-6-15(7-5-14)13(2)8-18(21)20-11-16-9-19-10-17(16)12-20;/h4-7,13,16-17,19H,3,8-12H2,1-2H3;1H/t13?,16-,17+;. The molecule has 2 aliphatic rings. The molecule has 0 radical (unpaired) electrons. The Bertz CT molecular complexity index is 490. The molecule has 1 aromatic rings. The molecule has 0 saturated carbocycles. The van der Waals surface area contributed by atoms with Crippen molar-refractivity contribution in [1.82, 2.24) is 10.2 Å². The maximum absolute atomic E-state index is 12.5. The lowest BCUT2D eigenvalue weighted by Gasteiger charge is -2.20. The molecule has 1 aromatic carbocycles. The van der Waals surface area contributed by atoms with Crippen LogP contribution < -0.4 is 5.32 Å². The molecule has 0 spiro atoms. The average molecular weight is 323 g/mol. The van der Waals surface area contributed by atoms with Gasteiger partial charge in [0.1, 0.15) is 0 Å². The van der Waals surface area contributed by atoms with Gasteiger partial charge in [-0.25, -0.2) is 0 Å². The summed E-state index contributed by atoms with van der Waals surface area (Å²) in [5.74, 6) is 2.01. The van der Waals surface area contributed by atoms with E-state index < -0.39 is 0 Å². The number of aryl methyl sites for hydroxylation is 1. The van der Waals surface area contributed by atoms with Gasteiger partial charge in [0, 0.05) is 32.6 Å². The van der Waals surface area contributed by atoms with Gasteiger partial charge in [-0.15, -0.1) is 12.4 Å². The number of carbonyl (C=O) groups excluding carboxylic acids is 1. The average Bonchev–Trinajstić information content (AvgIpc) is 3.08. The van der Waals surface area contributed by atoms with Crippen LogP contribution in [-0.4, -0.2) is 37.0 Å². The highest BCUT2D eigenvalue weighted by atomic mass is 35.5. The fourth-order valence-electron chi connectivity index (χ4n) is 3.65. The highest BCUT2D eigenvalue weighted by molar-refractivity contribution is 5.85. The first-order chi connectivity index (χ1) is 10.2. The summed E-state index contributed by atoms with van der Waals surface area (Å²) in [5.41, 5.74) is 2.64. The van der Waals surface area contributed by atoms with E-state index in [1.807, 2.05) is 0 Å². The predicted octanol–water partition coefficient (Wildman–Crippen LogP) is 2.84. The topological polar surface area (TPSA) is 32.3 Å². The number of benzene rings is 1. The van der Waals surface area contributed by atoms with Gasteiger partial charge in [-0.05, 0) is 35.3 Å². The van der Waals surface area contributed by atoms with Crippen LogP contribution in [0, 0.1) is 11.8 Å². The fourth-order valence-corrected chi connectivity index (χ4v) is 3.65. The Kier molecular flexibility index (Phi) is 5.87. The maximum Gasteiger partial charge on any atom is 0.223 e. The van der Waals surface area contributed by atoms with Crippen molar-refractivity contribution in [2.75, 3.05) is 26.2 Å². The van der Waals surface area contributed by atoms with Crippen LogP contribution in [0.1, 0.15) is 37.3 Å². The minimum Gasteiger partial charge on any atom is -0.342 e. The number of fused-ring (bicyclic) bond motifs is 1. The van der Waals surface area contributed by atoms with E-state index in [1.54, 1.807) is 0 Å². The highest BCUT2D eigenvalue weighted by Gasteiger charge is 2.38. The number of hydrogen-bond donors (Lipinski definition) is 1. The van der Waals surface area contributed by atoms with Crippen LogP contribution in [0.3, 0.4) is 0 Å². The van der Waals surface area contributed by atoms with Crippen molar-refractivity contribution in [3.63, 3.8) is 0 Å². The maximum atomic E-state index is 12.5. The summed E-state index contributed by atoms with van der Waals surface area (Å²) < 4.78 is 0. The van der Waals surface area contributed by atoms with E-state index in [9.17, 15) is 4.79 Å². The molecular weight excluding hydrogens is 296 g/mol. The Balaban J connectivity index is 0.00000176. The van der Waals surface area contributed by atoms with Gasteiger partial charge in [0.15, 0.2) is 0 Å². The van der Waals surface area contributed by atoms with Gasteiger partial charge in [-0.2, -0.15) is 0 Å². The number of halogens is 1. The molecule has 22 heavy (non-hydrogen) atoms. The summed E-state index contributed by atoms with van der Waals surface area (Å²) in [7, 11) is 0. The van der Waals surface area contributed by atoms with E-state index in [4.69, 9.17) is 0 Å². The minimum atomic E-state index is 0. The lowest BCUT2D eigenvalue weighted by Crippen LogP contribution is -2.32. The molecular formula is C18H27ClN2O. The third-order valence-electron chi connectivity index (χ3n) is 5.18. The second-order valence-electron chi connectivity index (χ2n) is 6.68. The van der Waals surface area contributed by atoms with Gasteiger partial charge >= 0.3 is 0 Å². The number of nitrogens with one attached hydrogen (secondary N) is 1. The van der Waals surface area contributed by atoms with Crippen molar-refractivity contribution >= 4 is 18.3 Å². The smallest absolute Gasteiger partial charge is 0.223 e. The lowest BCUT2D eigenvalue weighted by atomic mass is 9.96. The summed E-state index contributed by atoms with van der Waals surface area (Å²) in [6.07, 6.45) is 1.70. The van der Waals surface area contributed by atoms with E-state index in [2.05, 4.69) is 48.3 Å². The SMILES string of the molecule is CCc1ccc(C(C)CC(=O)N2C[C@H]3CNC[C@H]3C2)cc1.Cl. The zero-order valence-electron chi connectivity index (χ0n) is 13.5. The molecule has 0 aliphatic carbocycles. The van der Waals surface area contributed by atoms with Crippen LogP contribution in [0.2, 0.25) is 0 Å². The number of hydrogen-bond acceptors (Lipinski definition) is 2. The van der Waals surface area contributed by atoms with Crippen molar-refractivity contribution < 1.29 is 4.79 Å². The lowest BCUT2D eigenvalue weighted by molar-refractivity contribution is -0.130. The molecule has 2 fully saturated rings. The molecule has 4 heteroatoms. The summed E-state index contributed by atoms with van der Waals surface area (Å²) in [5, 5.41) is 3.42. The number of likely N-dealkylation sites (tertiary alicyclic amines) is 1. The van der Waals surface area contributed by atoms with Crippen molar-refractivity contribution in [3.05, 3.63) is 35.4 Å². The number of rotatable bonds is 4. The van der Waals surface area contributed by atoms with Crippen molar-refractivity contribution in [1.29, 1.82) is 0 Å². The summed E-state index contributed by atoms with van der Waals surface area (Å²) in [6, 6.07) is 8.73. The van der Waals surface area contributed by atoms with Gasteiger partial charge < -0.3 is 10.2 Å². The largest absolute Gasteiger partial charge is 0.342 e. The van der Waals surface area contributed by atoms with Crippen LogP contribution in [0.5, 0.6) is 0 Å². The Morgan fingerprint density at radius 2 is 1.82 bits per heavy atom. The zero-order valence-corrected chi connectivity index (χ0v) is 14.4. The first-order valence-corrected chi connectivity index (χ1v) is 8.24. The fraction of sp³-hybridized carbons (Fsp3) is 0.611. The Morgan fingerprint density at radius 1 is 1.23 bits per heavy atom. The van der Waals surface area contributed by atoms with E-state index in [0.717, 1.165) is 32.6 Å². The van der Waals surface area contributed by atoms with E-state index >= 15 is 0 Å². The summed E-state index contributed by atoms with van der Waals surface area (Å²) >= 11 is 0. The Morgan fingerprint density at radius 3 is 2.36 bits per heavy atom. The first kappa shape index (κ1) is 17.3. The normalized spacial score (nSPS) is 24.7. The van der Waals surface area contributed by atoms with Gasteiger partial charge in [-0.1, -0.05) is 38.1 Å². The molecule has 2 saturated heterocycles. The molecule has 3 rings (SSSR count). The second-order valence-corrected chi connectivity index (χ2v) is 6.68. The van der Waals surface area contributed by atoms with Gasteiger partial charge in [0.05, 0.1) is 0 Å². The Labute approximate surface area is 139 Å². The molecule has 1 amide bonds. The third-order valence-corrected chi connectivity index (χ3v) is 5.18. The van der Waals surface area contributed by atoms with Crippen LogP contribution in [-0.2, 0) is 11.2 Å². The highest BCUT2D eigenvalue weighted by Crippen LogP contribution is 2.28. The molecule has 2 aliphatic heterocycles. The third kappa shape index (κ3) is 3.64. The van der Waals surface area contributed by atoms with Crippen molar-refractivity contribution in [3.8, 4) is 0 Å². The molecule has 3 atom stereocenters. The van der Waals surface area contributed by atoms with E-state index in [0.29, 0.717) is 30.1 Å². The second kappa shape index (κ2) is 7.47. The van der Waals surface area contributed by atoms with E-state index in [1.165, 1.54) is 11.1 Å². The number of carbonyl (C=O) groups is 1. The van der Waals surface area contributed by atoms with Crippen LogP contribution >= 0.6 is 12.4 Å². The molecule has 0 bridgehead atoms. The van der Waals surface area contributed by atoms with Gasteiger partial charge in [0.2, 0.25) is 5.91 Å². The van der Waals surface area contributed by atoms with Crippen LogP contribution in [0.25, 0.3) is 0 Å². The summed E-state index contributed by atoms with van der Waals surface area (Å²) in [6.45, 7) is 8.42. The minimum absolute atomic E-state index is 0. The zero-order chi connectivity index (χ0) is 14.8. The molecule has 2 heterocycles. The van der Waals surface area contributed by atoms with Crippen molar-refractivity contribution in [2.24, 2.45) is 11.8 Å². The molecule has 122 valence electrons. The molecule has 1 N–H and O–H groups in total. The monoisotopic (exact) mass is 322 g/mol. The number of amides is 1. The molecule has 0 aromatic heterocycles.